The number of aryl methyl sites for hydroxylation is 1. The fourth-order valence-corrected chi connectivity index (χ4v) is 1.93. The summed E-state index contributed by atoms with van der Waals surface area (Å²) >= 11 is 0. The van der Waals surface area contributed by atoms with E-state index >= 15 is 0 Å². The lowest BCUT2D eigenvalue weighted by atomic mass is 9.79. The molecule has 88 valence electrons. The molecule has 1 aliphatic rings. The summed E-state index contributed by atoms with van der Waals surface area (Å²) in [5.74, 6) is 0.130. The Balaban J connectivity index is 2.08. The molecule has 2 heterocycles. The van der Waals surface area contributed by atoms with E-state index in [-0.39, 0.29) is 11.8 Å². The molecule has 0 aromatic carbocycles. The molecule has 16 heavy (non-hydrogen) atoms. The van der Waals surface area contributed by atoms with Crippen molar-refractivity contribution < 1.29 is 9.53 Å². The van der Waals surface area contributed by atoms with Crippen LogP contribution >= 0.6 is 0 Å². The topological polar surface area (TPSA) is 70.1 Å². The highest BCUT2D eigenvalue weighted by atomic mass is 16.5. The zero-order valence-electron chi connectivity index (χ0n) is 9.64. The smallest absolute Gasteiger partial charge is 0.147 e. The van der Waals surface area contributed by atoms with Gasteiger partial charge in [-0.3, -0.25) is 9.48 Å². The van der Waals surface area contributed by atoms with E-state index in [0.29, 0.717) is 19.6 Å². The van der Waals surface area contributed by atoms with E-state index in [2.05, 4.69) is 5.10 Å². The van der Waals surface area contributed by atoms with Gasteiger partial charge in [0.1, 0.15) is 5.78 Å². The third-order valence-corrected chi connectivity index (χ3v) is 3.28. The molecule has 5 nitrogen and oxygen atoms in total. The third kappa shape index (κ3) is 1.88. The Kier molecular flexibility index (Phi) is 2.82. The molecule has 0 saturated carbocycles. The normalized spacial score (nSPS) is 29.6. The highest BCUT2D eigenvalue weighted by molar-refractivity contribution is 5.87. The number of rotatable bonds is 3. The Labute approximate surface area is 94.6 Å². The van der Waals surface area contributed by atoms with Crippen LogP contribution in [0.2, 0.25) is 0 Å². The molecule has 2 N–H and O–H groups in total. The maximum atomic E-state index is 12.2. The summed E-state index contributed by atoms with van der Waals surface area (Å²) in [6, 6.07) is -0.198. The third-order valence-electron chi connectivity index (χ3n) is 3.28. The lowest BCUT2D eigenvalue weighted by Crippen LogP contribution is -2.45. The second-order valence-corrected chi connectivity index (χ2v) is 4.66. The summed E-state index contributed by atoms with van der Waals surface area (Å²) in [4.78, 5) is 12.2. The van der Waals surface area contributed by atoms with Crippen LogP contribution in [0, 0.1) is 5.41 Å². The van der Waals surface area contributed by atoms with Crippen LogP contribution in [0.5, 0.6) is 0 Å². The summed E-state index contributed by atoms with van der Waals surface area (Å²) in [7, 11) is 1.83. The van der Waals surface area contributed by atoms with Gasteiger partial charge < -0.3 is 10.5 Å². The molecular weight excluding hydrogens is 206 g/mol. The van der Waals surface area contributed by atoms with E-state index in [0.717, 1.165) is 5.56 Å². The van der Waals surface area contributed by atoms with Gasteiger partial charge in [0.05, 0.1) is 24.8 Å². The second kappa shape index (κ2) is 3.99. The number of carbonyl (C=O) groups is 1. The van der Waals surface area contributed by atoms with Crippen molar-refractivity contribution in [2.75, 3.05) is 13.2 Å². The Morgan fingerprint density at radius 2 is 2.56 bits per heavy atom. The summed E-state index contributed by atoms with van der Waals surface area (Å²) in [5, 5.41) is 4.04. The van der Waals surface area contributed by atoms with Gasteiger partial charge in [-0.2, -0.15) is 5.10 Å². The number of ether oxygens (including phenoxy) is 1. The van der Waals surface area contributed by atoms with Crippen LogP contribution in [0.25, 0.3) is 0 Å². The minimum atomic E-state index is -0.546. The Morgan fingerprint density at radius 3 is 3.06 bits per heavy atom. The zero-order valence-corrected chi connectivity index (χ0v) is 9.64. The van der Waals surface area contributed by atoms with Crippen molar-refractivity contribution in [2.24, 2.45) is 18.2 Å². The maximum absolute atomic E-state index is 12.2. The molecule has 2 atom stereocenters. The molecule has 2 rings (SSSR count). The summed E-state index contributed by atoms with van der Waals surface area (Å²) in [6.07, 6.45) is 3.94. The summed E-state index contributed by atoms with van der Waals surface area (Å²) in [6.45, 7) is 2.77. The van der Waals surface area contributed by atoms with Crippen LogP contribution in [0.15, 0.2) is 12.4 Å². The predicted octanol–water partition coefficient (Wildman–Crippen LogP) is -0.104. The molecule has 0 bridgehead atoms. The van der Waals surface area contributed by atoms with E-state index in [9.17, 15) is 4.79 Å². The van der Waals surface area contributed by atoms with Crippen molar-refractivity contribution in [3.05, 3.63) is 18.0 Å². The monoisotopic (exact) mass is 223 g/mol. The van der Waals surface area contributed by atoms with E-state index in [1.807, 2.05) is 20.2 Å². The maximum Gasteiger partial charge on any atom is 0.147 e. The average Bonchev–Trinajstić information content (AvgIpc) is 2.76. The van der Waals surface area contributed by atoms with Crippen molar-refractivity contribution in [3.63, 3.8) is 0 Å². The van der Waals surface area contributed by atoms with Gasteiger partial charge >= 0.3 is 0 Å². The molecule has 1 aliphatic heterocycles. The molecule has 1 aromatic heterocycles. The van der Waals surface area contributed by atoms with Gasteiger partial charge in [0.15, 0.2) is 0 Å². The number of hydrogen-bond donors (Lipinski definition) is 1. The fraction of sp³-hybridized carbons (Fsp3) is 0.636. The first-order valence-corrected chi connectivity index (χ1v) is 5.36. The van der Waals surface area contributed by atoms with Gasteiger partial charge in [0.25, 0.3) is 0 Å². The molecule has 1 saturated heterocycles. The fourth-order valence-electron chi connectivity index (χ4n) is 1.93. The molecule has 0 spiro atoms. The highest BCUT2D eigenvalue weighted by Crippen LogP contribution is 2.29. The number of nitrogens with zero attached hydrogens (tertiary/aromatic N) is 2. The van der Waals surface area contributed by atoms with Crippen LogP contribution in [0.1, 0.15) is 12.5 Å². The number of ketones is 1. The molecule has 0 radical (unpaired) electrons. The molecule has 1 aromatic rings. The average molecular weight is 223 g/mol. The highest BCUT2D eigenvalue weighted by Gasteiger charge is 2.43. The van der Waals surface area contributed by atoms with Crippen LogP contribution in [0.4, 0.5) is 0 Å². The summed E-state index contributed by atoms with van der Waals surface area (Å²) < 4.78 is 6.96. The number of hydrogen-bond acceptors (Lipinski definition) is 4. The van der Waals surface area contributed by atoms with Crippen molar-refractivity contribution >= 4 is 5.78 Å². The number of Topliss-reactive ketones (excluding diaryl/α,β-unsaturated/α-hetero) is 1. The van der Waals surface area contributed by atoms with E-state index in [1.165, 1.54) is 0 Å². The van der Waals surface area contributed by atoms with E-state index in [4.69, 9.17) is 10.5 Å². The molecule has 1 fully saturated rings. The first-order valence-electron chi connectivity index (χ1n) is 5.36. The first kappa shape index (κ1) is 11.3. The SMILES string of the molecule is Cn1cc(CC(=O)C2(C)COCC2N)cn1. The second-order valence-electron chi connectivity index (χ2n) is 4.66. The van der Waals surface area contributed by atoms with Crippen LogP contribution in [0.3, 0.4) is 0 Å². The van der Waals surface area contributed by atoms with E-state index < -0.39 is 5.41 Å². The molecule has 2 unspecified atom stereocenters. The van der Waals surface area contributed by atoms with Gasteiger partial charge in [0.2, 0.25) is 0 Å². The molecular formula is C11H17N3O2. The summed E-state index contributed by atoms with van der Waals surface area (Å²) in [5.41, 5.74) is 6.28. The van der Waals surface area contributed by atoms with Crippen molar-refractivity contribution in [1.29, 1.82) is 0 Å². The van der Waals surface area contributed by atoms with E-state index in [1.54, 1.807) is 10.9 Å². The number of nitrogens with two attached hydrogens (primary N) is 1. The minimum absolute atomic E-state index is 0.130. The van der Waals surface area contributed by atoms with Crippen LogP contribution in [-0.4, -0.2) is 34.8 Å². The predicted molar refractivity (Wildman–Crippen MR) is 58.8 cm³/mol. The van der Waals surface area contributed by atoms with Gasteiger partial charge in [-0.25, -0.2) is 0 Å². The number of carbonyl (C=O) groups excluding carboxylic acids is 1. The Hall–Kier alpha value is -1.20. The minimum Gasteiger partial charge on any atom is -0.379 e. The van der Waals surface area contributed by atoms with Crippen molar-refractivity contribution in [1.82, 2.24) is 9.78 Å². The van der Waals surface area contributed by atoms with Gasteiger partial charge in [0, 0.05) is 25.7 Å². The van der Waals surface area contributed by atoms with Gasteiger partial charge in [-0.05, 0) is 12.5 Å². The number of aromatic nitrogens is 2. The quantitative estimate of drug-likeness (QED) is 0.776. The molecule has 5 heteroatoms. The zero-order chi connectivity index (χ0) is 11.8. The lowest BCUT2D eigenvalue weighted by molar-refractivity contribution is -0.127. The van der Waals surface area contributed by atoms with Crippen molar-refractivity contribution in [3.8, 4) is 0 Å². The lowest BCUT2D eigenvalue weighted by Gasteiger charge is -2.24. The van der Waals surface area contributed by atoms with Gasteiger partial charge in [-0.1, -0.05) is 0 Å². The van der Waals surface area contributed by atoms with Crippen molar-refractivity contribution in [2.45, 2.75) is 19.4 Å². The largest absolute Gasteiger partial charge is 0.379 e. The Morgan fingerprint density at radius 1 is 1.81 bits per heavy atom. The standard InChI is InChI=1S/C11H17N3O2/c1-11(7-16-6-9(11)12)10(15)3-8-4-13-14(2)5-8/h4-5,9H,3,6-7,12H2,1-2H3. The molecule has 0 amide bonds. The van der Waals surface area contributed by atoms with Crippen LogP contribution in [-0.2, 0) is 23.0 Å². The first-order chi connectivity index (χ1) is 7.52. The van der Waals surface area contributed by atoms with Gasteiger partial charge in [-0.15, -0.1) is 0 Å². The Bertz CT molecular complexity index is 402. The molecule has 0 aliphatic carbocycles. The van der Waals surface area contributed by atoms with Crippen LogP contribution < -0.4 is 5.73 Å².